The fourth-order valence-corrected chi connectivity index (χ4v) is 2.56. The predicted molar refractivity (Wildman–Crippen MR) is 87.6 cm³/mol. The zero-order chi connectivity index (χ0) is 15.0. The molecule has 0 saturated heterocycles. The largest absolute Gasteiger partial charge is 0.357 e. The van der Waals surface area contributed by atoms with Gasteiger partial charge in [-0.3, -0.25) is 0 Å². The average molecular weight is 297 g/mol. The first-order chi connectivity index (χ1) is 9.52. The standard InChI is InChI=1S/C14H27N5S/c1-6-15-14(16-8-7-9-19(4)5)17-10-13-18-11(2)12(3)20-13/h6-10H2,1-5H3,(H2,15,16,17). The van der Waals surface area contributed by atoms with Gasteiger partial charge >= 0.3 is 0 Å². The number of nitrogens with zero attached hydrogens (tertiary/aromatic N) is 3. The van der Waals surface area contributed by atoms with E-state index in [4.69, 9.17) is 0 Å². The van der Waals surface area contributed by atoms with E-state index in [0.717, 1.165) is 42.7 Å². The van der Waals surface area contributed by atoms with Gasteiger partial charge in [0, 0.05) is 18.0 Å². The zero-order valence-corrected chi connectivity index (χ0v) is 14.1. The van der Waals surface area contributed by atoms with Crippen LogP contribution in [0, 0.1) is 13.8 Å². The Morgan fingerprint density at radius 3 is 2.60 bits per heavy atom. The van der Waals surface area contributed by atoms with E-state index in [2.05, 4.69) is 53.5 Å². The second-order valence-electron chi connectivity index (χ2n) is 5.03. The Balaban J connectivity index is 2.45. The summed E-state index contributed by atoms with van der Waals surface area (Å²) in [5.41, 5.74) is 1.11. The van der Waals surface area contributed by atoms with Crippen LogP contribution >= 0.6 is 11.3 Å². The van der Waals surface area contributed by atoms with Crippen LogP contribution in [0.4, 0.5) is 0 Å². The molecule has 20 heavy (non-hydrogen) atoms. The number of hydrogen-bond acceptors (Lipinski definition) is 4. The summed E-state index contributed by atoms with van der Waals surface area (Å²) in [5.74, 6) is 0.872. The predicted octanol–water partition coefficient (Wildman–Crippen LogP) is 1.77. The molecule has 0 unspecified atom stereocenters. The van der Waals surface area contributed by atoms with E-state index in [1.165, 1.54) is 4.88 Å². The number of guanidine groups is 1. The van der Waals surface area contributed by atoms with Gasteiger partial charge in [-0.05, 0) is 47.8 Å². The summed E-state index contributed by atoms with van der Waals surface area (Å²) in [6, 6.07) is 0. The van der Waals surface area contributed by atoms with Gasteiger partial charge in [0.15, 0.2) is 5.96 Å². The number of hydrogen-bond donors (Lipinski definition) is 2. The van der Waals surface area contributed by atoms with Crippen molar-refractivity contribution in [2.24, 2.45) is 4.99 Å². The maximum absolute atomic E-state index is 4.58. The minimum Gasteiger partial charge on any atom is -0.357 e. The Bertz CT molecular complexity index is 406. The molecule has 0 fully saturated rings. The maximum atomic E-state index is 4.58. The maximum Gasteiger partial charge on any atom is 0.191 e. The molecule has 0 atom stereocenters. The molecule has 0 saturated carbocycles. The molecule has 0 aliphatic rings. The van der Waals surface area contributed by atoms with E-state index in [1.807, 2.05) is 6.92 Å². The molecular weight excluding hydrogens is 270 g/mol. The van der Waals surface area contributed by atoms with Crippen molar-refractivity contribution in [2.45, 2.75) is 33.7 Å². The van der Waals surface area contributed by atoms with E-state index in [1.54, 1.807) is 11.3 Å². The molecule has 0 spiro atoms. The number of rotatable bonds is 7. The monoisotopic (exact) mass is 297 g/mol. The van der Waals surface area contributed by atoms with Crippen LogP contribution in [0.15, 0.2) is 4.99 Å². The van der Waals surface area contributed by atoms with Crippen molar-refractivity contribution in [3.63, 3.8) is 0 Å². The highest BCUT2D eigenvalue weighted by Crippen LogP contribution is 2.16. The smallest absolute Gasteiger partial charge is 0.191 e. The van der Waals surface area contributed by atoms with E-state index in [-0.39, 0.29) is 0 Å². The highest BCUT2D eigenvalue weighted by Gasteiger charge is 2.03. The molecule has 1 aromatic heterocycles. The Labute approximate surface area is 126 Å². The topological polar surface area (TPSA) is 52.6 Å². The van der Waals surface area contributed by atoms with Crippen molar-refractivity contribution >= 4 is 17.3 Å². The molecule has 114 valence electrons. The van der Waals surface area contributed by atoms with Crippen molar-refractivity contribution in [3.05, 3.63) is 15.6 Å². The number of nitrogens with one attached hydrogen (secondary N) is 2. The van der Waals surface area contributed by atoms with Crippen molar-refractivity contribution in [1.82, 2.24) is 20.5 Å². The molecule has 1 aromatic rings. The molecule has 0 aliphatic carbocycles. The van der Waals surface area contributed by atoms with E-state index in [0.29, 0.717) is 6.54 Å². The third kappa shape index (κ3) is 6.34. The Morgan fingerprint density at radius 1 is 1.30 bits per heavy atom. The summed E-state index contributed by atoms with van der Waals surface area (Å²) in [5, 5.41) is 7.70. The third-order valence-corrected chi connectivity index (χ3v) is 3.92. The Kier molecular flexibility index (Phi) is 7.54. The highest BCUT2D eigenvalue weighted by atomic mass is 32.1. The van der Waals surface area contributed by atoms with E-state index < -0.39 is 0 Å². The number of aliphatic imine (C=N–C) groups is 1. The van der Waals surface area contributed by atoms with E-state index >= 15 is 0 Å². The first kappa shape index (κ1) is 16.9. The quantitative estimate of drug-likeness (QED) is 0.457. The van der Waals surface area contributed by atoms with Crippen LogP contribution in [0.3, 0.4) is 0 Å². The summed E-state index contributed by atoms with van der Waals surface area (Å²) < 4.78 is 0. The highest BCUT2D eigenvalue weighted by molar-refractivity contribution is 7.11. The fraction of sp³-hybridized carbons (Fsp3) is 0.714. The third-order valence-electron chi connectivity index (χ3n) is 2.86. The lowest BCUT2D eigenvalue weighted by Gasteiger charge is -2.13. The van der Waals surface area contributed by atoms with Gasteiger partial charge in [-0.2, -0.15) is 0 Å². The van der Waals surface area contributed by atoms with Crippen LogP contribution in [0.1, 0.15) is 28.9 Å². The molecular formula is C14H27N5S. The lowest BCUT2D eigenvalue weighted by molar-refractivity contribution is 0.399. The molecule has 6 heteroatoms. The van der Waals surface area contributed by atoms with E-state index in [9.17, 15) is 0 Å². The van der Waals surface area contributed by atoms with Gasteiger partial charge in [-0.1, -0.05) is 0 Å². The lowest BCUT2D eigenvalue weighted by Crippen LogP contribution is -2.38. The van der Waals surface area contributed by atoms with Crippen LogP contribution in [0.2, 0.25) is 0 Å². The van der Waals surface area contributed by atoms with Gasteiger partial charge in [0.2, 0.25) is 0 Å². The second-order valence-corrected chi connectivity index (χ2v) is 6.32. The average Bonchev–Trinajstić information content (AvgIpc) is 2.70. The molecule has 1 heterocycles. The van der Waals surface area contributed by atoms with Crippen molar-refractivity contribution in [3.8, 4) is 0 Å². The van der Waals surface area contributed by atoms with Crippen molar-refractivity contribution in [1.29, 1.82) is 0 Å². The zero-order valence-electron chi connectivity index (χ0n) is 13.3. The Morgan fingerprint density at radius 2 is 2.05 bits per heavy atom. The molecule has 5 nitrogen and oxygen atoms in total. The summed E-state index contributed by atoms with van der Waals surface area (Å²) in [6.07, 6.45) is 1.10. The van der Waals surface area contributed by atoms with Crippen LogP contribution < -0.4 is 10.6 Å². The minimum atomic E-state index is 0.641. The van der Waals surface area contributed by atoms with Gasteiger partial charge in [-0.25, -0.2) is 9.98 Å². The van der Waals surface area contributed by atoms with Crippen LogP contribution in [-0.2, 0) is 6.54 Å². The van der Waals surface area contributed by atoms with Crippen molar-refractivity contribution < 1.29 is 0 Å². The second kappa shape index (κ2) is 8.92. The lowest BCUT2D eigenvalue weighted by atomic mass is 10.4. The summed E-state index contributed by atoms with van der Waals surface area (Å²) >= 11 is 1.73. The molecule has 1 rings (SSSR count). The first-order valence-corrected chi connectivity index (χ1v) is 7.94. The minimum absolute atomic E-state index is 0.641. The molecule has 0 radical (unpaired) electrons. The SMILES string of the molecule is CCNC(=NCc1nc(C)c(C)s1)NCCCN(C)C. The van der Waals surface area contributed by atoms with Gasteiger partial charge < -0.3 is 15.5 Å². The molecule has 0 bridgehead atoms. The Hall–Kier alpha value is -1.14. The number of aromatic nitrogens is 1. The summed E-state index contributed by atoms with van der Waals surface area (Å²) in [4.78, 5) is 12.6. The van der Waals surface area contributed by atoms with Crippen LogP contribution in [0.5, 0.6) is 0 Å². The molecule has 2 N–H and O–H groups in total. The van der Waals surface area contributed by atoms with Gasteiger partial charge in [0.05, 0.1) is 12.2 Å². The van der Waals surface area contributed by atoms with Gasteiger partial charge in [0.1, 0.15) is 5.01 Å². The van der Waals surface area contributed by atoms with Gasteiger partial charge in [0.25, 0.3) is 0 Å². The first-order valence-electron chi connectivity index (χ1n) is 7.12. The van der Waals surface area contributed by atoms with Crippen molar-refractivity contribution in [2.75, 3.05) is 33.7 Å². The molecule has 0 aromatic carbocycles. The van der Waals surface area contributed by atoms with Crippen LogP contribution in [0.25, 0.3) is 0 Å². The normalized spacial score (nSPS) is 12.0. The number of aryl methyl sites for hydroxylation is 2. The van der Waals surface area contributed by atoms with Gasteiger partial charge in [-0.15, -0.1) is 11.3 Å². The number of thiazole rings is 1. The fourth-order valence-electron chi connectivity index (χ4n) is 1.70. The van der Waals surface area contributed by atoms with Crippen LogP contribution in [-0.4, -0.2) is 49.6 Å². The summed E-state index contributed by atoms with van der Waals surface area (Å²) in [6.45, 7) is 9.75. The summed E-state index contributed by atoms with van der Waals surface area (Å²) in [7, 11) is 4.18. The molecule has 0 aliphatic heterocycles. The molecule has 0 amide bonds.